The van der Waals surface area contributed by atoms with Crippen LogP contribution in [0, 0.1) is 5.92 Å². The zero-order chi connectivity index (χ0) is 22.5. The lowest BCUT2D eigenvalue weighted by atomic mass is 9.80. The van der Waals surface area contributed by atoms with E-state index in [0.717, 1.165) is 5.56 Å². The first-order valence-electron chi connectivity index (χ1n) is 10.4. The highest BCUT2D eigenvalue weighted by atomic mass is 16.5. The maximum absolute atomic E-state index is 13.3. The van der Waals surface area contributed by atoms with E-state index >= 15 is 0 Å². The second kappa shape index (κ2) is 7.54. The number of hydrogen-bond donors (Lipinski definition) is 2. The third-order valence-electron chi connectivity index (χ3n) is 5.99. The molecule has 2 aromatic carbocycles. The number of esters is 1. The van der Waals surface area contributed by atoms with Crippen LogP contribution in [0.4, 0.5) is 0 Å². The van der Waals surface area contributed by atoms with Crippen LogP contribution in [0.25, 0.3) is 6.08 Å². The lowest BCUT2D eigenvalue weighted by Crippen LogP contribution is -2.32. The van der Waals surface area contributed by atoms with Crippen molar-refractivity contribution in [1.82, 2.24) is 0 Å². The molecule has 6 heteroatoms. The lowest BCUT2D eigenvalue weighted by molar-refractivity contribution is -0.135. The summed E-state index contributed by atoms with van der Waals surface area (Å²) < 4.78 is 11.8. The first-order valence-corrected chi connectivity index (χ1v) is 10.4. The molecular weight excluding hydrogens is 396 g/mol. The van der Waals surface area contributed by atoms with Gasteiger partial charge in [0.05, 0.1) is 18.1 Å². The molecule has 0 fully saturated rings. The van der Waals surface area contributed by atoms with Crippen molar-refractivity contribution in [3.05, 3.63) is 58.7 Å². The molecule has 3 atom stereocenters. The summed E-state index contributed by atoms with van der Waals surface area (Å²) >= 11 is 0. The Labute approximate surface area is 181 Å². The van der Waals surface area contributed by atoms with E-state index in [0.29, 0.717) is 16.9 Å². The van der Waals surface area contributed by atoms with E-state index in [1.54, 1.807) is 19.1 Å². The zero-order valence-corrected chi connectivity index (χ0v) is 18.0. The molecule has 0 bridgehead atoms. The first kappa shape index (κ1) is 21.1. The maximum atomic E-state index is 13.3. The normalized spacial score (nSPS) is 20.7. The molecule has 2 aromatic rings. The van der Waals surface area contributed by atoms with Crippen LogP contribution in [0.1, 0.15) is 67.1 Å². The standard InChI is InChI=1S/C25H26O6/c1-13(14(2)26)21(28)20-22(29)16-10-11-25(3,4)31-23(16)19-17(12-18(27)30-24(19)20)15-8-6-5-7-9-15/h5-11,13-14,17,26,29H,12H2,1-4H3/t13-,14-,17+/m1/s1. The molecule has 162 valence electrons. The monoisotopic (exact) mass is 422 g/mol. The van der Waals surface area contributed by atoms with Gasteiger partial charge in [-0.2, -0.15) is 0 Å². The third kappa shape index (κ3) is 3.61. The van der Waals surface area contributed by atoms with E-state index in [1.807, 2.05) is 44.2 Å². The number of aromatic hydroxyl groups is 1. The van der Waals surface area contributed by atoms with Crippen molar-refractivity contribution >= 4 is 17.8 Å². The molecule has 2 aliphatic rings. The Morgan fingerprint density at radius 3 is 2.48 bits per heavy atom. The van der Waals surface area contributed by atoms with E-state index in [4.69, 9.17) is 9.47 Å². The summed E-state index contributed by atoms with van der Waals surface area (Å²) in [7, 11) is 0. The predicted molar refractivity (Wildman–Crippen MR) is 116 cm³/mol. The van der Waals surface area contributed by atoms with Gasteiger partial charge in [-0.3, -0.25) is 9.59 Å². The molecule has 2 aliphatic heterocycles. The molecule has 0 saturated carbocycles. The molecule has 31 heavy (non-hydrogen) atoms. The SMILES string of the molecule is C[C@@H](O)[C@@H](C)C(=O)c1c(O)c2c(c3c1OC(=O)C[C@H]3c1ccccc1)OC(C)(C)C=C2. The van der Waals surface area contributed by atoms with Gasteiger partial charge in [-0.25, -0.2) is 0 Å². The Morgan fingerprint density at radius 1 is 1.16 bits per heavy atom. The van der Waals surface area contributed by atoms with Gasteiger partial charge >= 0.3 is 5.97 Å². The van der Waals surface area contributed by atoms with Crippen LogP contribution < -0.4 is 9.47 Å². The fourth-order valence-electron chi connectivity index (χ4n) is 4.07. The van der Waals surface area contributed by atoms with E-state index in [-0.39, 0.29) is 23.5 Å². The van der Waals surface area contributed by atoms with Gasteiger partial charge in [0.25, 0.3) is 0 Å². The van der Waals surface area contributed by atoms with Gasteiger partial charge in [0.2, 0.25) is 0 Å². The third-order valence-corrected chi connectivity index (χ3v) is 5.99. The molecule has 0 saturated heterocycles. The van der Waals surface area contributed by atoms with Crippen LogP contribution in [0.15, 0.2) is 36.4 Å². The Kier molecular flexibility index (Phi) is 5.13. The van der Waals surface area contributed by atoms with Crippen molar-refractivity contribution in [2.45, 2.75) is 51.7 Å². The molecule has 0 unspecified atom stereocenters. The number of aliphatic hydroxyl groups is 1. The van der Waals surface area contributed by atoms with Gasteiger partial charge < -0.3 is 19.7 Å². The molecule has 4 rings (SSSR count). The van der Waals surface area contributed by atoms with Crippen LogP contribution in [0.2, 0.25) is 0 Å². The second-order valence-electron chi connectivity index (χ2n) is 8.78. The molecule has 2 heterocycles. The summed E-state index contributed by atoms with van der Waals surface area (Å²) in [5.74, 6) is -2.07. The quantitative estimate of drug-likeness (QED) is 0.435. The minimum Gasteiger partial charge on any atom is -0.506 e. The first-order chi connectivity index (χ1) is 14.6. The maximum Gasteiger partial charge on any atom is 0.312 e. The van der Waals surface area contributed by atoms with Gasteiger partial charge in [0.1, 0.15) is 22.7 Å². The molecular formula is C25H26O6. The van der Waals surface area contributed by atoms with Crippen LogP contribution >= 0.6 is 0 Å². The van der Waals surface area contributed by atoms with Gasteiger partial charge in [-0.15, -0.1) is 0 Å². The number of fused-ring (bicyclic) bond motifs is 3. The van der Waals surface area contributed by atoms with Crippen LogP contribution in [-0.2, 0) is 4.79 Å². The van der Waals surface area contributed by atoms with Crippen LogP contribution in [0.5, 0.6) is 17.2 Å². The summed E-state index contributed by atoms with van der Waals surface area (Å²) in [5, 5.41) is 21.1. The van der Waals surface area contributed by atoms with Crippen molar-refractivity contribution in [2.24, 2.45) is 5.92 Å². The molecule has 0 aromatic heterocycles. The molecule has 0 radical (unpaired) electrons. The molecule has 0 spiro atoms. The summed E-state index contributed by atoms with van der Waals surface area (Å²) in [4.78, 5) is 25.8. The Bertz CT molecular complexity index is 1080. The number of carbonyl (C=O) groups is 2. The highest BCUT2D eigenvalue weighted by Gasteiger charge is 2.41. The van der Waals surface area contributed by atoms with Crippen molar-refractivity contribution in [1.29, 1.82) is 0 Å². The number of phenolic OH excluding ortho intramolecular Hbond substituents is 1. The fraction of sp³-hybridized carbons (Fsp3) is 0.360. The number of hydrogen-bond acceptors (Lipinski definition) is 6. The number of Topliss-reactive ketones (excluding diaryl/α,β-unsaturated/α-hetero) is 1. The number of aliphatic hydroxyl groups excluding tert-OH is 1. The number of rotatable bonds is 4. The Morgan fingerprint density at radius 2 is 1.84 bits per heavy atom. The molecule has 0 aliphatic carbocycles. The number of phenols is 1. The van der Waals surface area contributed by atoms with Crippen LogP contribution in [-0.4, -0.2) is 33.7 Å². The average Bonchev–Trinajstić information content (AvgIpc) is 2.72. The summed E-state index contributed by atoms with van der Waals surface area (Å²) in [6, 6.07) is 9.48. The average molecular weight is 422 g/mol. The number of ether oxygens (including phenoxy) is 2. The molecule has 6 nitrogen and oxygen atoms in total. The van der Waals surface area contributed by atoms with Crippen LogP contribution in [0.3, 0.4) is 0 Å². The smallest absolute Gasteiger partial charge is 0.312 e. The van der Waals surface area contributed by atoms with E-state index < -0.39 is 35.3 Å². The minimum absolute atomic E-state index is 0.0185. The van der Waals surface area contributed by atoms with Gasteiger partial charge in [0.15, 0.2) is 11.5 Å². The van der Waals surface area contributed by atoms with E-state index in [1.165, 1.54) is 6.92 Å². The van der Waals surface area contributed by atoms with Gasteiger partial charge in [-0.1, -0.05) is 37.3 Å². The number of carbonyl (C=O) groups excluding carboxylic acids is 2. The molecule has 0 amide bonds. The van der Waals surface area contributed by atoms with E-state index in [9.17, 15) is 19.8 Å². The molecule has 2 N–H and O–H groups in total. The predicted octanol–water partition coefficient (Wildman–Crippen LogP) is 4.22. The van der Waals surface area contributed by atoms with Crippen molar-refractivity contribution < 1.29 is 29.3 Å². The Balaban J connectivity index is 2.05. The van der Waals surface area contributed by atoms with Crippen molar-refractivity contribution in [3.63, 3.8) is 0 Å². The van der Waals surface area contributed by atoms with Crippen molar-refractivity contribution in [3.8, 4) is 17.2 Å². The summed E-state index contributed by atoms with van der Waals surface area (Å²) in [6.45, 7) is 6.86. The van der Waals surface area contributed by atoms with Gasteiger partial charge in [-0.05, 0) is 38.5 Å². The highest BCUT2D eigenvalue weighted by Crippen LogP contribution is 2.54. The minimum atomic E-state index is -0.937. The topological polar surface area (TPSA) is 93.1 Å². The Hall–Kier alpha value is -3.12. The van der Waals surface area contributed by atoms with Gasteiger partial charge in [0, 0.05) is 17.4 Å². The second-order valence-corrected chi connectivity index (χ2v) is 8.78. The largest absolute Gasteiger partial charge is 0.506 e. The van der Waals surface area contributed by atoms with E-state index in [2.05, 4.69) is 0 Å². The summed E-state index contributed by atoms with van der Waals surface area (Å²) in [5.41, 5.74) is 1.08. The van der Waals surface area contributed by atoms with Crippen molar-refractivity contribution in [2.75, 3.05) is 0 Å². The lowest BCUT2D eigenvalue weighted by Gasteiger charge is -2.35. The number of ketones is 1. The fourth-order valence-corrected chi connectivity index (χ4v) is 4.07. The summed E-state index contributed by atoms with van der Waals surface area (Å²) in [6.07, 6.45) is 2.69. The number of benzene rings is 2. The zero-order valence-electron chi connectivity index (χ0n) is 18.0. The highest BCUT2D eigenvalue weighted by molar-refractivity contribution is 6.06.